The topological polar surface area (TPSA) is 67.4 Å². The summed E-state index contributed by atoms with van der Waals surface area (Å²) < 4.78 is 0.967. The minimum absolute atomic E-state index is 0.0351. The molecule has 128 valence electrons. The maximum absolute atomic E-state index is 13.0. The van der Waals surface area contributed by atoms with Gasteiger partial charge in [-0.3, -0.25) is 14.4 Å². The summed E-state index contributed by atoms with van der Waals surface area (Å²) in [6, 6.07) is 7.53. The zero-order valence-electron chi connectivity index (χ0n) is 13.5. The molecule has 2 amide bonds. The van der Waals surface area contributed by atoms with Crippen LogP contribution in [0.1, 0.15) is 25.7 Å². The van der Waals surface area contributed by atoms with Gasteiger partial charge in [0.25, 0.3) is 0 Å². The van der Waals surface area contributed by atoms with Gasteiger partial charge in [0.05, 0.1) is 18.9 Å². The number of rotatable bonds is 4. The normalized spacial score (nSPS) is 31.9. The van der Waals surface area contributed by atoms with E-state index in [0.717, 1.165) is 35.8 Å². The van der Waals surface area contributed by atoms with Crippen LogP contribution in [0.5, 0.6) is 0 Å². The highest BCUT2D eigenvalue weighted by Crippen LogP contribution is 2.74. The summed E-state index contributed by atoms with van der Waals surface area (Å²) in [5, 5.41) is 3.01. The molecule has 4 atom stereocenters. The van der Waals surface area contributed by atoms with Crippen LogP contribution in [0.3, 0.4) is 0 Å². The molecule has 5 nitrogen and oxygen atoms in total. The first-order valence-electron chi connectivity index (χ1n) is 8.46. The molecule has 6 heteroatoms. The van der Waals surface area contributed by atoms with Gasteiger partial charge in [0.2, 0.25) is 11.8 Å². The van der Waals surface area contributed by atoms with Gasteiger partial charge >= 0.3 is 0 Å². The summed E-state index contributed by atoms with van der Waals surface area (Å²) in [5.74, 6) is -0.0745. The highest BCUT2D eigenvalue weighted by Gasteiger charge is 2.71. The third-order valence-corrected chi connectivity index (χ3v) is 6.80. The number of carbonyl (C=O) groups excluding carboxylic acids is 2. The van der Waals surface area contributed by atoms with E-state index in [4.69, 9.17) is 4.84 Å². The largest absolute Gasteiger partial charge is 0.326 e. The van der Waals surface area contributed by atoms with Crippen LogP contribution in [0.2, 0.25) is 0 Å². The molecule has 0 unspecified atom stereocenters. The predicted octanol–water partition coefficient (Wildman–Crippen LogP) is 3.12. The first-order chi connectivity index (χ1) is 11.6. The molecule has 0 aromatic heterocycles. The molecule has 3 aliphatic rings. The van der Waals surface area contributed by atoms with Crippen LogP contribution in [-0.2, 0) is 14.4 Å². The van der Waals surface area contributed by atoms with Crippen LogP contribution < -0.4 is 10.8 Å². The molecular formula is C18H21BrN2O3. The van der Waals surface area contributed by atoms with Crippen LogP contribution >= 0.6 is 15.9 Å². The van der Waals surface area contributed by atoms with Crippen LogP contribution in [0, 0.1) is 29.1 Å². The lowest BCUT2D eigenvalue weighted by atomic mass is 9.78. The molecule has 3 saturated carbocycles. The standard InChI is InChI=1S/C18H21BrN2O3/c1-24-21-17(23)15-13-7-6-12(18(13)8-9-18)14(15)16(22)20-11-4-2-10(19)3-5-11/h2-5,12-15H,6-9H2,1H3,(H,20,22)(H,21,23)/t12-,13+,14+,15-/m0/s1. The molecule has 1 spiro atoms. The predicted molar refractivity (Wildman–Crippen MR) is 92.8 cm³/mol. The van der Waals surface area contributed by atoms with Crippen molar-refractivity contribution in [1.29, 1.82) is 0 Å². The third kappa shape index (κ3) is 2.39. The zero-order valence-corrected chi connectivity index (χ0v) is 15.1. The Kier molecular flexibility index (Phi) is 3.92. The molecule has 1 aromatic rings. The van der Waals surface area contributed by atoms with E-state index in [1.165, 1.54) is 7.11 Å². The highest BCUT2D eigenvalue weighted by atomic mass is 79.9. The Morgan fingerprint density at radius 2 is 1.67 bits per heavy atom. The molecule has 0 aliphatic heterocycles. The molecular weight excluding hydrogens is 372 g/mol. The van der Waals surface area contributed by atoms with Crippen molar-refractivity contribution in [2.75, 3.05) is 12.4 Å². The first kappa shape index (κ1) is 16.1. The summed E-state index contributed by atoms with van der Waals surface area (Å²) in [4.78, 5) is 30.4. The van der Waals surface area contributed by atoms with Crippen molar-refractivity contribution in [3.8, 4) is 0 Å². The lowest BCUT2D eigenvalue weighted by Crippen LogP contribution is -2.42. The van der Waals surface area contributed by atoms with E-state index >= 15 is 0 Å². The monoisotopic (exact) mass is 392 g/mol. The first-order valence-corrected chi connectivity index (χ1v) is 9.25. The van der Waals surface area contributed by atoms with Crippen molar-refractivity contribution < 1.29 is 14.4 Å². The Morgan fingerprint density at radius 3 is 2.21 bits per heavy atom. The van der Waals surface area contributed by atoms with E-state index in [9.17, 15) is 9.59 Å². The van der Waals surface area contributed by atoms with Gasteiger partial charge in [-0.15, -0.1) is 0 Å². The summed E-state index contributed by atoms with van der Waals surface area (Å²) in [5.41, 5.74) is 3.47. The van der Waals surface area contributed by atoms with Crippen molar-refractivity contribution >= 4 is 33.4 Å². The lowest BCUT2D eigenvalue weighted by Gasteiger charge is -2.28. The Balaban J connectivity index is 1.58. The quantitative estimate of drug-likeness (QED) is 0.773. The molecule has 3 aliphatic carbocycles. The highest BCUT2D eigenvalue weighted by molar-refractivity contribution is 9.10. The second-order valence-corrected chi connectivity index (χ2v) is 8.16. The van der Waals surface area contributed by atoms with Gasteiger partial charge in [0, 0.05) is 10.2 Å². The van der Waals surface area contributed by atoms with Gasteiger partial charge in [-0.05, 0) is 67.2 Å². The van der Waals surface area contributed by atoms with E-state index in [0.29, 0.717) is 11.8 Å². The molecule has 2 N–H and O–H groups in total. The molecule has 24 heavy (non-hydrogen) atoms. The number of hydrogen-bond acceptors (Lipinski definition) is 3. The van der Waals surface area contributed by atoms with Crippen LogP contribution in [0.4, 0.5) is 5.69 Å². The molecule has 0 radical (unpaired) electrons. The van der Waals surface area contributed by atoms with Crippen molar-refractivity contribution in [3.05, 3.63) is 28.7 Å². The average Bonchev–Trinajstić information content (AvgIpc) is 3.23. The molecule has 3 fully saturated rings. The molecule has 1 aromatic carbocycles. The van der Waals surface area contributed by atoms with E-state index < -0.39 is 0 Å². The molecule has 2 bridgehead atoms. The Morgan fingerprint density at radius 1 is 1.08 bits per heavy atom. The smallest absolute Gasteiger partial charge is 0.247 e. The van der Waals surface area contributed by atoms with Crippen molar-refractivity contribution in [3.63, 3.8) is 0 Å². The molecule has 0 heterocycles. The van der Waals surface area contributed by atoms with Gasteiger partial charge < -0.3 is 5.32 Å². The van der Waals surface area contributed by atoms with E-state index in [2.05, 4.69) is 26.7 Å². The summed E-state index contributed by atoms with van der Waals surface area (Å²) in [6.07, 6.45) is 4.41. The Bertz CT molecular complexity index is 671. The van der Waals surface area contributed by atoms with Gasteiger partial charge in [-0.1, -0.05) is 15.9 Å². The average molecular weight is 393 g/mol. The van der Waals surface area contributed by atoms with Crippen LogP contribution in [-0.4, -0.2) is 18.9 Å². The maximum atomic E-state index is 13.0. The number of halogens is 1. The fourth-order valence-electron chi connectivity index (χ4n) is 5.29. The second-order valence-electron chi connectivity index (χ2n) is 7.24. The number of carbonyl (C=O) groups is 2. The maximum Gasteiger partial charge on any atom is 0.247 e. The number of amides is 2. The molecule has 0 saturated heterocycles. The van der Waals surface area contributed by atoms with Crippen LogP contribution in [0.15, 0.2) is 28.7 Å². The summed E-state index contributed by atoms with van der Waals surface area (Å²) >= 11 is 3.39. The van der Waals surface area contributed by atoms with Gasteiger partial charge in [-0.25, -0.2) is 5.48 Å². The van der Waals surface area contributed by atoms with Gasteiger partial charge in [0.15, 0.2) is 0 Å². The SMILES string of the molecule is CONC(=O)[C@@H]1[C@H](C(=O)Nc2ccc(Br)cc2)[C@@H]2CC[C@H]1C21CC1. The number of anilines is 1. The number of hydrogen-bond donors (Lipinski definition) is 2. The van der Waals surface area contributed by atoms with Crippen molar-refractivity contribution in [1.82, 2.24) is 5.48 Å². The third-order valence-electron chi connectivity index (χ3n) is 6.27. The minimum atomic E-state index is -0.276. The van der Waals surface area contributed by atoms with E-state index in [1.807, 2.05) is 24.3 Å². The van der Waals surface area contributed by atoms with E-state index in [1.54, 1.807) is 0 Å². The van der Waals surface area contributed by atoms with Crippen LogP contribution in [0.25, 0.3) is 0 Å². The Labute approximate surface area is 149 Å². The fourth-order valence-corrected chi connectivity index (χ4v) is 5.55. The van der Waals surface area contributed by atoms with E-state index in [-0.39, 0.29) is 29.1 Å². The van der Waals surface area contributed by atoms with Crippen molar-refractivity contribution in [2.24, 2.45) is 29.1 Å². The number of hydroxylamine groups is 1. The van der Waals surface area contributed by atoms with Gasteiger partial charge in [-0.2, -0.15) is 0 Å². The molecule has 4 rings (SSSR count). The number of nitrogens with one attached hydrogen (secondary N) is 2. The van der Waals surface area contributed by atoms with Gasteiger partial charge in [0.1, 0.15) is 0 Å². The number of benzene rings is 1. The fraction of sp³-hybridized carbons (Fsp3) is 0.556. The zero-order chi connectivity index (χ0) is 16.9. The van der Waals surface area contributed by atoms with Crippen molar-refractivity contribution in [2.45, 2.75) is 25.7 Å². The Hall–Kier alpha value is -1.40. The lowest BCUT2D eigenvalue weighted by molar-refractivity contribution is -0.142. The second kappa shape index (κ2) is 5.85. The minimum Gasteiger partial charge on any atom is -0.326 e. The summed E-state index contributed by atoms with van der Waals surface area (Å²) in [7, 11) is 1.44. The summed E-state index contributed by atoms with van der Waals surface area (Å²) in [6.45, 7) is 0.